The van der Waals surface area contributed by atoms with Crippen LogP contribution in [0.1, 0.15) is 82.7 Å². The summed E-state index contributed by atoms with van der Waals surface area (Å²) in [7, 11) is 1.38. The number of benzene rings is 3. The van der Waals surface area contributed by atoms with Crippen LogP contribution in [0.25, 0.3) is 4.85 Å². The van der Waals surface area contributed by atoms with E-state index in [0.29, 0.717) is 40.2 Å². The highest BCUT2D eigenvalue weighted by Crippen LogP contribution is 2.59. The van der Waals surface area contributed by atoms with Gasteiger partial charge in [-0.3, -0.25) is 38.7 Å². The van der Waals surface area contributed by atoms with Gasteiger partial charge in [-0.1, -0.05) is 57.2 Å². The molecular formula is C45H43ClN6O6. The molecule has 4 fully saturated rings. The minimum Gasteiger partial charge on any atom is -0.489 e. The highest BCUT2D eigenvalue weighted by atomic mass is 35.5. The molecule has 9 rings (SSSR count). The van der Waals surface area contributed by atoms with Crippen molar-refractivity contribution in [3.8, 4) is 17.6 Å². The number of rotatable bonds is 6. The van der Waals surface area contributed by atoms with E-state index < -0.39 is 23.8 Å². The van der Waals surface area contributed by atoms with Gasteiger partial charge in [0.05, 0.1) is 22.7 Å². The first-order valence-electron chi connectivity index (χ1n) is 19.7. The van der Waals surface area contributed by atoms with Gasteiger partial charge in [-0.15, -0.1) is 0 Å². The third-order valence-corrected chi connectivity index (χ3v) is 13.5. The standard InChI is InChI=1S/C45H43ClN6O6/c1-44(2)42(45(3,4)43(44)58-30-11-14-35(47-5)34(46)19-30)51-22-27-17-25(9-12-31(27)38(51)54)7-8-26-20-49(21-26)29-23-50(24-29)28-10-13-32-33(18-28)40(56)52(39(32)55)36-15-16-37(53)48(6)41(36)57/h9-14,17-19,26,29,36,42-43H,15-16,20-24H2,1-4,6H3. The molecule has 3 aromatic rings. The van der Waals surface area contributed by atoms with Gasteiger partial charge >= 0.3 is 0 Å². The van der Waals surface area contributed by atoms with E-state index in [9.17, 15) is 24.0 Å². The molecular weight excluding hydrogens is 756 g/mol. The second-order valence-corrected chi connectivity index (χ2v) is 18.0. The Balaban J connectivity index is 0.783. The number of nitrogens with zero attached hydrogens (tertiary/aromatic N) is 6. The minimum atomic E-state index is -0.969. The summed E-state index contributed by atoms with van der Waals surface area (Å²) in [6, 6.07) is 15.6. The van der Waals surface area contributed by atoms with Crippen LogP contribution in [-0.2, 0) is 16.1 Å². The smallest absolute Gasteiger partial charge is 0.262 e. The summed E-state index contributed by atoms with van der Waals surface area (Å²) < 4.78 is 6.47. The van der Waals surface area contributed by atoms with Crippen LogP contribution in [0.4, 0.5) is 11.4 Å². The van der Waals surface area contributed by atoms with E-state index in [0.717, 1.165) is 52.8 Å². The van der Waals surface area contributed by atoms with Crippen molar-refractivity contribution in [1.29, 1.82) is 0 Å². The SMILES string of the molecule is [C-]#[N+]c1ccc(OC2C(C)(C)C(N3Cc4cc(C#CC5CN(C6CN(c7ccc8c(c7)C(=O)N(C7CCC(=O)N(C)C7=O)C8=O)C6)C5)ccc4C3=O)C2(C)C)cc1Cl. The van der Waals surface area contributed by atoms with Gasteiger partial charge in [0, 0.05) is 91.8 Å². The zero-order chi connectivity index (χ0) is 41.0. The Bertz CT molecular complexity index is 2430. The van der Waals surface area contributed by atoms with E-state index >= 15 is 0 Å². The topological polar surface area (TPSA) is 115 Å². The number of likely N-dealkylation sites (tertiary alicyclic amines) is 2. The van der Waals surface area contributed by atoms with Crippen molar-refractivity contribution >= 4 is 52.5 Å². The van der Waals surface area contributed by atoms with Crippen LogP contribution in [-0.4, -0.2) is 107 Å². The monoisotopic (exact) mass is 798 g/mol. The van der Waals surface area contributed by atoms with Crippen LogP contribution in [0.5, 0.6) is 5.75 Å². The number of carbonyl (C=O) groups excluding carboxylic acids is 5. The molecule has 296 valence electrons. The Hall–Kier alpha value is -5.69. The van der Waals surface area contributed by atoms with E-state index in [1.54, 1.807) is 30.3 Å². The number of fused-ring (bicyclic) bond motifs is 2. The summed E-state index contributed by atoms with van der Waals surface area (Å²) in [5.74, 6) is 5.87. The van der Waals surface area contributed by atoms with Crippen LogP contribution >= 0.6 is 11.6 Å². The van der Waals surface area contributed by atoms with Crippen LogP contribution in [0, 0.1) is 35.2 Å². The summed E-state index contributed by atoms with van der Waals surface area (Å²) in [6.45, 7) is 19.7. The number of hydrogen-bond acceptors (Lipinski definition) is 8. The predicted octanol–water partition coefficient (Wildman–Crippen LogP) is 5.64. The second-order valence-electron chi connectivity index (χ2n) is 17.6. The van der Waals surface area contributed by atoms with Gasteiger partial charge in [-0.2, -0.15) is 0 Å². The molecule has 1 atom stereocenters. The lowest BCUT2D eigenvalue weighted by molar-refractivity contribution is -0.199. The summed E-state index contributed by atoms with van der Waals surface area (Å²) in [6.07, 6.45) is 0.0687. The Morgan fingerprint density at radius 2 is 1.55 bits per heavy atom. The maximum absolute atomic E-state index is 13.8. The fourth-order valence-corrected chi connectivity index (χ4v) is 10.7. The number of piperidine rings is 1. The summed E-state index contributed by atoms with van der Waals surface area (Å²) >= 11 is 6.29. The maximum Gasteiger partial charge on any atom is 0.262 e. The molecule has 12 nitrogen and oxygen atoms in total. The van der Waals surface area contributed by atoms with Gasteiger partial charge in [0.15, 0.2) is 0 Å². The van der Waals surface area contributed by atoms with E-state index in [4.69, 9.17) is 22.9 Å². The lowest BCUT2D eigenvalue weighted by Gasteiger charge is -2.65. The zero-order valence-electron chi connectivity index (χ0n) is 33.0. The molecule has 1 unspecified atom stereocenters. The first-order valence-corrected chi connectivity index (χ1v) is 20.1. The average molecular weight is 799 g/mol. The molecule has 58 heavy (non-hydrogen) atoms. The molecule has 3 saturated heterocycles. The van der Waals surface area contributed by atoms with Gasteiger partial charge in [-0.05, 0) is 60.5 Å². The molecule has 0 radical (unpaired) electrons. The Labute approximate surface area is 342 Å². The lowest BCUT2D eigenvalue weighted by atomic mass is 9.49. The number of likely N-dealkylation sites (N-methyl/N-ethyl adjacent to an activating group) is 1. The van der Waals surface area contributed by atoms with Crippen LogP contribution in [0.15, 0.2) is 54.6 Å². The molecule has 5 amide bonds. The molecule has 13 heteroatoms. The number of ether oxygens (including phenoxy) is 1. The van der Waals surface area contributed by atoms with Crippen LogP contribution in [0.3, 0.4) is 0 Å². The third kappa shape index (κ3) is 5.79. The van der Waals surface area contributed by atoms with Crippen molar-refractivity contribution in [2.45, 2.75) is 71.3 Å². The number of anilines is 1. The maximum atomic E-state index is 13.8. The number of hydrogen-bond donors (Lipinski definition) is 0. The van der Waals surface area contributed by atoms with Gasteiger partial charge in [-0.25, -0.2) is 4.85 Å². The minimum absolute atomic E-state index is 0.0254. The number of amides is 5. The van der Waals surface area contributed by atoms with E-state index in [-0.39, 0.29) is 59.1 Å². The highest BCUT2D eigenvalue weighted by Gasteiger charge is 2.67. The highest BCUT2D eigenvalue weighted by molar-refractivity contribution is 6.33. The second kappa shape index (κ2) is 13.4. The van der Waals surface area contributed by atoms with E-state index in [1.807, 2.05) is 23.1 Å². The first kappa shape index (κ1) is 37.9. The summed E-state index contributed by atoms with van der Waals surface area (Å²) in [5, 5.41) is 0.357. The molecule has 5 heterocycles. The molecule has 0 N–H and O–H groups in total. The van der Waals surface area contributed by atoms with Crippen molar-refractivity contribution < 1.29 is 28.7 Å². The molecule has 5 aliphatic heterocycles. The lowest BCUT2D eigenvalue weighted by Crippen LogP contribution is -2.74. The van der Waals surface area contributed by atoms with Gasteiger partial charge in [0.2, 0.25) is 11.6 Å². The summed E-state index contributed by atoms with van der Waals surface area (Å²) in [5.41, 5.74) is 3.73. The third-order valence-electron chi connectivity index (χ3n) is 13.2. The number of imide groups is 2. The largest absolute Gasteiger partial charge is 0.489 e. The fourth-order valence-electron chi connectivity index (χ4n) is 10.5. The van der Waals surface area contributed by atoms with Gasteiger partial charge < -0.3 is 14.5 Å². The van der Waals surface area contributed by atoms with Gasteiger partial charge in [0.25, 0.3) is 23.6 Å². The fraction of sp³-hybridized carbons (Fsp3) is 0.422. The van der Waals surface area contributed by atoms with E-state index in [1.165, 1.54) is 7.05 Å². The zero-order valence-corrected chi connectivity index (χ0v) is 33.8. The quantitative estimate of drug-likeness (QED) is 0.179. The van der Waals surface area contributed by atoms with Crippen LogP contribution in [0.2, 0.25) is 5.02 Å². The molecule has 0 bridgehead atoms. The molecule has 0 spiro atoms. The Kier molecular flexibility index (Phi) is 8.77. The van der Waals surface area contributed by atoms with Crippen molar-refractivity contribution in [1.82, 2.24) is 19.6 Å². The Morgan fingerprint density at radius 3 is 2.26 bits per heavy atom. The molecule has 6 aliphatic rings. The molecule has 1 aliphatic carbocycles. The van der Waals surface area contributed by atoms with Crippen LogP contribution < -0.4 is 9.64 Å². The van der Waals surface area contributed by atoms with Crippen molar-refractivity contribution in [3.05, 3.63) is 98.9 Å². The average Bonchev–Trinajstić information content (AvgIpc) is 3.59. The van der Waals surface area contributed by atoms with Crippen molar-refractivity contribution in [2.24, 2.45) is 16.7 Å². The van der Waals surface area contributed by atoms with Crippen molar-refractivity contribution in [3.63, 3.8) is 0 Å². The number of halogens is 1. The molecule has 1 saturated carbocycles. The summed E-state index contributed by atoms with van der Waals surface area (Å²) in [4.78, 5) is 77.2. The molecule has 3 aromatic carbocycles. The predicted molar refractivity (Wildman–Crippen MR) is 215 cm³/mol. The first-order chi connectivity index (χ1) is 27.6. The molecule has 0 aromatic heterocycles. The Morgan fingerprint density at radius 1 is 0.845 bits per heavy atom. The number of carbonyl (C=O) groups is 5. The van der Waals surface area contributed by atoms with Gasteiger partial charge in [0.1, 0.15) is 17.9 Å². The van der Waals surface area contributed by atoms with E-state index in [2.05, 4.69) is 60.2 Å². The van der Waals surface area contributed by atoms with Crippen molar-refractivity contribution in [2.75, 3.05) is 38.1 Å². The normalized spacial score (nSPS) is 25.1.